The number of rotatable bonds is 9. The molecule has 0 spiro atoms. The predicted molar refractivity (Wildman–Crippen MR) is 108 cm³/mol. The third-order valence-electron chi connectivity index (χ3n) is 4.08. The Kier molecular flexibility index (Phi) is 12.7. The molecule has 1 heterocycles. The molecular formula is C18H31Cl2N3O2. The van der Waals surface area contributed by atoms with Crippen LogP contribution in [-0.4, -0.2) is 51.1 Å². The molecule has 0 saturated carbocycles. The van der Waals surface area contributed by atoms with Crippen molar-refractivity contribution < 1.29 is 9.53 Å². The van der Waals surface area contributed by atoms with Gasteiger partial charge in [0.15, 0.2) is 0 Å². The van der Waals surface area contributed by atoms with Crippen LogP contribution in [0, 0.1) is 5.92 Å². The number of halogens is 2. The van der Waals surface area contributed by atoms with E-state index in [2.05, 4.69) is 29.6 Å². The van der Waals surface area contributed by atoms with E-state index in [1.165, 1.54) is 6.42 Å². The molecule has 1 aliphatic heterocycles. The molecule has 1 saturated heterocycles. The summed E-state index contributed by atoms with van der Waals surface area (Å²) in [5.74, 6) is 1.54. The second-order valence-electron chi connectivity index (χ2n) is 6.48. The summed E-state index contributed by atoms with van der Waals surface area (Å²) in [6.45, 7) is 3.82. The molecule has 0 radical (unpaired) electrons. The number of nitrogens with zero attached hydrogens (tertiary/aromatic N) is 1. The minimum Gasteiger partial charge on any atom is -0.493 e. The Morgan fingerprint density at radius 3 is 2.84 bits per heavy atom. The topological polar surface area (TPSA) is 53.6 Å². The summed E-state index contributed by atoms with van der Waals surface area (Å²) in [4.78, 5) is 14.2. The first-order chi connectivity index (χ1) is 11.1. The number of ether oxygens (including phenoxy) is 1. The van der Waals surface area contributed by atoms with E-state index >= 15 is 0 Å². The number of carbonyl (C=O) groups is 1. The van der Waals surface area contributed by atoms with Crippen molar-refractivity contribution in [2.24, 2.45) is 5.92 Å². The molecule has 0 aromatic heterocycles. The largest absolute Gasteiger partial charge is 0.493 e. The monoisotopic (exact) mass is 391 g/mol. The molecule has 1 atom stereocenters. The summed E-state index contributed by atoms with van der Waals surface area (Å²) in [5.41, 5.74) is 0.810. The van der Waals surface area contributed by atoms with E-state index in [4.69, 9.17) is 4.74 Å². The van der Waals surface area contributed by atoms with Crippen molar-refractivity contribution >= 4 is 36.4 Å². The molecule has 1 amide bonds. The zero-order valence-electron chi connectivity index (χ0n) is 15.1. The van der Waals surface area contributed by atoms with Crippen LogP contribution in [0.2, 0.25) is 0 Å². The third kappa shape index (κ3) is 9.90. The summed E-state index contributed by atoms with van der Waals surface area (Å²) in [6.07, 6.45) is 3.71. The average Bonchev–Trinajstić information content (AvgIpc) is 3.03. The smallest absolute Gasteiger partial charge is 0.224 e. The van der Waals surface area contributed by atoms with Crippen LogP contribution in [0.25, 0.3) is 0 Å². The number of benzene rings is 1. The molecule has 1 aromatic carbocycles. The van der Waals surface area contributed by atoms with Crippen LogP contribution in [0.5, 0.6) is 5.75 Å². The molecule has 1 unspecified atom stereocenters. The van der Waals surface area contributed by atoms with Gasteiger partial charge in [0.1, 0.15) is 5.75 Å². The van der Waals surface area contributed by atoms with Crippen molar-refractivity contribution in [2.75, 3.05) is 45.7 Å². The van der Waals surface area contributed by atoms with Crippen molar-refractivity contribution in [2.45, 2.75) is 25.7 Å². The van der Waals surface area contributed by atoms with Gasteiger partial charge in [-0.05, 0) is 64.5 Å². The number of hydrogen-bond donors (Lipinski definition) is 2. The van der Waals surface area contributed by atoms with Gasteiger partial charge >= 0.3 is 0 Å². The fraction of sp³-hybridized carbons (Fsp3) is 0.611. The van der Waals surface area contributed by atoms with E-state index in [-0.39, 0.29) is 30.7 Å². The SMILES string of the molecule is CN(C)CCCOc1cccc(NC(=O)CCC2CCNC2)c1.Cl.Cl. The van der Waals surface area contributed by atoms with Crippen molar-refractivity contribution in [3.63, 3.8) is 0 Å². The summed E-state index contributed by atoms with van der Waals surface area (Å²) < 4.78 is 5.73. The first-order valence-electron chi connectivity index (χ1n) is 8.51. The van der Waals surface area contributed by atoms with Gasteiger partial charge in [-0.2, -0.15) is 0 Å². The van der Waals surface area contributed by atoms with E-state index < -0.39 is 0 Å². The van der Waals surface area contributed by atoms with Crippen LogP contribution >= 0.6 is 24.8 Å². The quantitative estimate of drug-likeness (QED) is 0.634. The molecule has 0 aliphatic carbocycles. The fourth-order valence-electron chi connectivity index (χ4n) is 2.75. The van der Waals surface area contributed by atoms with Crippen molar-refractivity contribution in [1.29, 1.82) is 0 Å². The molecule has 2 rings (SSSR count). The Bertz CT molecular complexity index is 495. The first kappa shape index (κ1) is 24.0. The minimum atomic E-state index is 0. The molecule has 1 aliphatic rings. The molecular weight excluding hydrogens is 361 g/mol. The Labute approximate surface area is 163 Å². The summed E-state index contributed by atoms with van der Waals surface area (Å²) >= 11 is 0. The number of carbonyl (C=O) groups excluding carboxylic acids is 1. The number of nitrogens with one attached hydrogen (secondary N) is 2. The minimum absolute atomic E-state index is 0. The molecule has 25 heavy (non-hydrogen) atoms. The van der Waals surface area contributed by atoms with Gasteiger partial charge in [-0.25, -0.2) is 0 Å². The maximum Gasteiger partial charge on any atom is 0.224 e. The average molecular weight is 392 g/mol. The molecule has 2 N–H and O–H groups in total. The summed E-state index contributed by atoms with van der Waals surface area (Å²) in [5, 5.41) is 6.30. The molecule has 0 bridgehead atoms. The van der Waals surface area contributed by atoms with Crippen LogP contribution in [0.3, 0.4) is 0 Å². The standard InChI is InChI=1S/C18H29N3O2.2ClH/c1-21(2)11-4-12-23-17-6-3-5-16(13-17)20-18(22)8-7-15-9-10-19-14-15;;/h3,5-6,13,15,19H,4,7-12,14H2,1-2H3,(H,20,22);2*1H. The highest BCUT2D eigenvalue weighted by atomic mass is 35.5. The Morgan fingerprint density at radius 1 is 1.36 bits per heavy atom. The Morgan fingerprint density at radius 2 is 2.16 bits per heavy atom. The van der Waals surface area contributed by atoms with Gasteiger partial charge in [0, 0.05) is 24.7 Å². The van der Waals surface area contributed by atoms with Gasteiger partial charge in [-0.1, -0.05) is 6.07 Å². The zero-order chi connectivity index (χ0) is 16.5. The van der Waals surface area contributed by atoms with Gasteiger partial charge in [-0.15, -0.1) is 24.8 Å². The maximum atomic E-state index is 12.0. The van der Waals surface area contributed by atoms with Gasteiger partial charge in [0.25, 0.3) is 0 Å². The second-order valence-corrected chi connectivity index (χ2v) is 6.48. The Hall–Kier alpha value is -1.01. The second kappa shape index (κ2) is 13.2. The number of anilines is 1. The van der Waals surface area contributed by atoms with E-state index in [0.29, 0.717) is 18.9 Å². The lowest BCUT2D eigenvalue weighted by atomic mass is 10.0. The highest BCUT2D eigenvalue weighted by Crippen LogP contribution is 2.19. The maximum absolute atomic E-state index is 12.0. The third-order valence-corrected chi connectivity index (χ3v) is 4.08. The van der Waals surface area contributed by atoms with Crippen LogP contribution in [-0.2, 0) is 4.79 Å². The number of amides is 1. The van der Waals surface area contributed by atoms with Gasteiger partial charge in [-0.3, -0.25) is 4.79 Å². The lowest BCUT2D eigenvalue weighted by Gasteiger charge is -2.12. The normalized spacial score (nSPS) is 16.0. The molecule has 5 nitrogen and oxygen atoms in total. The van der Waals surface area contributed by atoms with Gasteiger partial charge < -0.3 is 20.3 Å². The highest BCUT2D eigenvalue weighted by Gasteiger charge is 2.15. The molecule has 7 heteroatoms. The summed E-state index contributed by atoms with van der Waals surface area (Å²) in [6, 6.07) is 7.64. The Balaban J connectivity index is 0.00000288. The number of hydrogen-bond acceptors (Lipinski definition) is 4. The van der Waals surface area contributed by atoms with Crippen LogP contribution in [0.1, 0.15) is 25.7 Å². The first-order valence-corrected chi connectivity index (χ1v) is 8.51. The van der Waals surface area contributed by atoms with Crippen LogP contribution in [0.4, 0.5) is 5.69 Å². The van der Waals surface area contributed by atoms with Gasteiger partial charge in [0.2, 0.25) is 5.91 Å². The lowest BCUT2D eigenvalue weighted by Crippen LogP contribution is -2.16. The van der Waals surface area contributed by atoms with Crippen LogP contribution in [0.15, 0.2) is 24.3 Å². The molecule has 144 valence electrons. The fourth-order valence-corrected chi connectivity index (χ4v) is 2.75. The molecule has 1 aromatic rings. The lowest BCUT2D eigenvalue weighted by molar-refractivity contribution is -0.116. The van der Waals surface area contributed by atoms with Crippen LogP contribution < -0.4 is 15.4 Å². The van der Waals surface area contributed by atoms with Crippen molar-refractivity contribution in [3.05, 3.63) is 24.3 Å². The molecule has 1 fully saturated rings. The van der Waals surface area contributed by atoms with E-state index in [9.17, 15) is 4.79 Å². The van der Waals surface area contributed by atoms with Crippen molar-refractivity contribution in [1.82, 2.24) is 10.2 Å². The van der Waals surface area contributed by atoms with Gasteiger partial charge in [0.05, 0.1) is 6.61 Å². The van der Waals surface area contributed by atoms with E-state index in [1.54, 1.807) is 0 Å². The zero-order valence-corrected chi connectivity index (χ0v) is 16.8. The highest BCUT2D eigenvalue weighted by molar-refractivity contribution is 5.90. The van der Waals surface area contributed by atoms with E-state index in [0.717, 1.165) is 43.9 Å². The van der Waals surface area contributed by atoms with E-state index in [1.807, 2.05) is 24.3 Å². The summed E-state index contributed by atoms with van der Waals surface area (Å²) in [7, 11) is 4.11. The van der Waals surface area contributed by atoms with Crippen molar-refractivity contribution in [3.8, 4) is 5.75 Å². The predicted octanol–water partition coefficient (Wildman–Crippen LogP) is 3.19.